The summed E-state index contributed by atoms with van der Waals surface area (Å²) in [6.45, 7) is 7.84. The van der Waals surface area contributed by atoms with Crippen molar-refractivity contribution in [2.45, 2.75) is 159 Å². The molecular formula is C57H89N19O13. The van der Waals surface area contributed by atoms with Crippen LogP contribution in [0.2, 0.25) is 0 Å². The topological polar surface area (TPSA) is 564 Å². The molecule has 0 bridgehead atoms. The molecule has 10 atom stereocenters. The number of amides is 11. The first-order valence-electron chi connectivity index (χ1n) is 28.9. The van der Waals surface area contributed by atoms with Gasteiger partial charge in [-0.1, -0.05) is 58.0 Å². The quantitative estimate of drug-likeness (QED) is 0.0145. The number of aromatic hydroxyl groups is 1. The van der Waals surface area contributed by atoms with Crippen LogP contribution >= 0.6 is 0 Å². The molecule has 0 radical (unpaired) electrons. The van der Waals surface area contributed by atoms with Gasteiger partial charge in [0.2, 0.25) is 65.0 Å². The van der Waals surface area contributed by atoms with Crippen molar-refractivity contribution in [1.82, 2.24) is 47.1 Å². The number of primary amides is 3. The summed E-state index contributed by atoms with van der Waals surface area (Å²) in [7, 11) is 1.23. The third-order valence-electron chi connectivity index (χ3n) is 14.1. The molecule has 0 aliphatic rings. The van der Waals surface area contributed by atoms with Crippen LogP contribution in [0.4, 0.5) is 0 Å². The number of benzene rings is 2. The predicted molar refractivity (Wildman–Crippen MR) is 329 cm³/mol. The lowest BCUT2D eigenvalue weighted by atomic mass is 9.99. The number of nitrogens with zero attached hydrogens (tertiary/aromatic N) is 3. The molecule has 0 saturated heterocycles. The van der Waals surface area contributed by atoms with E-state index in [1.807, 2.05) is 13.8 Å². The Morgan fingerprint density at radius 2 is 1.10 bits per heavy atom. The molecule has 0 aliphatic carbocycles. The van der Waals surface area contributed by atoms with Gasteiger partial charge in [-0.15, -0.1) is 0 Å². The van der Waals surface area contributed by atoms with Crippen LogP contribution in [-0.4, -0.2) is 178 Å². The van der Waals surface area contributed by atoms with Crippen molar-refractivity contribution in [2.24, 2.45) is 67.7 Å². The van der Waals surface area contributed by atoms with Crippen LogP contribution in [0.1, 0.15) is 97.1 Å². The first kappa shape index (κ1) is 73.7. The van der Waals surface area contributed by atoms with Crippen LogP contribution in [0.3, 0.4) is 0 Å². The Kier molecular flexibility index (Phi) is 29.7. The fourth-order valence-corrected chi connectivity index (χ4v) is 9.34. The lowest BCUT2D eigenvalue weighted by molar-refractivity contribution is -0.143. The van der Waals surface area contributed by atoms with Gasteiger partial charge < -0.3 is 103 Å². The van der Waals surface area contributed by atoms with Gasteiger partial charge in [-0.05, 0) is 86.6 Å². The zero-order valence-electron chi connectivity index (χ0n) is 51.0. The van der Waals surface area contributed by atoms with Crippen molar-refractivity contribution in [3.8, 4) is 5.75 Å². The van der Waals surface area contributed by atoms with E-state index in [4.69, 9.17) is 45.9 Å². The minimum absolute atomic E-state index is 0.00316. The van der Waals surface area contributed by atoms with Crippen molar-refractivity contribution >= 4 is 87.8 Å². The highest BCUT2D eigenvalue weighted by Gasteiger charge is 2.39. The second-order valence-electron chi connectivity index (χ2n) is 22.4. The number of likely N-dealkylation sites (N-methyl/N-ethyl adjacent to an activating group) is 1. The minimum atomic E-state index is -1.86. The van der Waals surface area contributed by atoms with Gasteiger partial charge in [0.15, 0.2) is 11.9 Å². The number of H-pyrrole nitrogens is 1. The number of carbonyl (C=O) groups excluding carboxylic acids is 11. The van der Waals surface area contributed by atoms with Crippen molar-refractivity contribution in [1.29, 1.82) is 0 Å². The molecule has 0 saturated carbocycles. The molecular weight excluding hydrogens is 1160 g/mol. The lowest BCUT2D eigenvalue weighted by Crippen LogP contribution is -2.63. The number of nitrogens with two attached hydrogens (primary N) is 8. The number of aliphatic hydroxyl groups excluding tert-OH is 1. The highest BCUT2D eigenvalue weighted by Crippen LogP contribution is 2.21. The summed E-state index contributed by atoms with van der Waals surface area (Å²) >= 11 is 0. The Morgan fingerprint density at radius 3 is 1.66 bits per heavy atom. The number of carbonyl (C=O) groups is 11. The summed E-state index contributed by atoms with van der Waals surface area (Å²) in [6, 6.07) is -0.644. The summed E-state index contributed by atoms with van der Waals surface area (Å²) in [4.78, 5) is 163. The number of hydrogen-bond donors (Lipinski definition) is 18. The molecule has 3 aromatic rings. The van der Waals surface area contributed by atoms with Crippen molar-refractivity contribution in [3.05, 3.63) is 65.9 Å². The van der Waals surface area contributed by atoms with E-state index in [1.54, 1.807) is 44.3 Å². The molecule has 1 heterocycles. The molecule has 26 N–H and O–H groups in total. The van der Waals surface area contributed by atoms with E-state index < -0.39 is 151 Å². The first-order chi connectivity index (χ1) is 41.8. The third kappa shape index (κ3) is 25.0. The maximum atomic E-state index is 14.6. The number of phenolic OH excluding ortho intramolecular Hbond substituents is 1. The van der Waals surface area contributed by atoms with Gasteiger partial charge in [0.25, 0.3) is 0 Å². The van der Waals surface area contributed by atoms with Crippen LogP contribution in [0, 0.1) is 11.8 Å². The van der Waals surface area contributed by atoms with Gasteiger partial charge in [0, 0.05) is 56.5 Å². The van der Waals surface area contributed by atoms with Crippen LogP contribution in [0.5, 0.6) is 5.75 Å². The maximum absolute atomic E-state index is 14.6. The highest BCUT2D eigenvalue weighted by atomic mass is 16.3. The van der Waals surface area contributed by atoms with Crippen LogP contribution in [0.25, 0.3) is 10.9 Å². The molecule has 3 rings (SSSR count). The van der Waals surface area contributed by atoms with Gasteiger partial charge in [-0.2, -0.15) is 0 Å². The molecule has 89 heavy (non-hydrogen) atoms. The van der Waals surface area contributed by atoms with Gasteiger partial charge in [0.1, 0.15) is 54.1 Å². The standard InChI is InChI=1S/C57H89N19O13/c1-28(2)23-35(58)48(82)72-41(26-44(60)80)50(84)73-40(25-32-27-68-36-12-8-7-11-34(32)36)51(85)74-45(29(3)4)53(87)75-46(30(5)77)54(88)69-37(13-9-21-66-56(62)63)49(83)70-38(19-20-43(59)79)55(89)76(6)42(14-10-22-67-57(64)65)52(86)71-39(47(61)81)24-31-15-17-33(78)18-16-31/h7-8,11-12,15-18,27-30,35,37-42,45-46,68,77-78H,9-10,13-14,19-26,58H2,1-6H3,(H2,59,79)(H2,60,80)(H2,61,81)(H,69,88)(H,70,83)(H,71,86)(H,72,82)(H,73,84)(H,74,85)(H,75,87)(H4,62,63,66)(H4,64,65,67)/t30-,35+,37+,38?,39?,40+,41+,42+,45+,46+/m1/s1. The van der Waals surface area contributed by atoms with E-state index in [9.17, 15) is 63.0 Å². The minimum Gasteiger partial charge on any atom is -0.508 e. The summed E-state index contributed by atoms with van der Waals surface area (Å²) in [6.07, 6.45) is -2.03. The number of hydrogen-bond acceptors (Lipinski definition) is 16. The molecule has 0 spiro atoms. The monoisotopic (exact) mass is 1250 g/mol. The average molecular weight is 1250 g/mol. The molecule has 0 aliphatic heterocycles. The van der Waals surface area contributed by atoms with E-state index >= 15 is 0 Å². The highest BCUT2D eigenvalue weighted by molar-refractivity contribution is 5.99. The van der Waals surface area contributed by atoms with Gasteiger partial charge >= 0.3 is 0 Å². The number of aliphatic hydroxyl groups is 1. The number of aliphatic imine (C=N–C) groups is 2. The van der Waals surface area contributed by atoms with E-state index in [2.05, 4.69) is 52.2 Å². The summed E-state index contributed by atoms with van der Waals surface area (Å²) in [5.41, 5.74) is 46.6. The molecule has 0 fully saturated rings. The SMILES string of the molecule is CC(C)C[C@H](N)C(=O)N[C@@H](CC(N)=O)C(=O)N[C@@H](Cc1c[nH]c2ccccc12)C(=O)N[C@H](C(=O)N[C@H](C(=O)N[C@@H](CCCN=C(N)N)C(=O)NC(CCC(N)=O)C(=O)N(C)[C@@H](CCCN=C(N)N)C(=O)NC(Cc1ccc(O)cc1)C(N)=O)[C@@H](C)O)C(C)C. The fourth-order valence-electron chi connectivity index (χ4n) is 9.34. The number of para-hydroxylation sites is 1. The van der Waals surface area contributed by atoms with Crippen LogP contribution < -0.4 is 83.1 Å². The predicted octanol–water partition coefficient (Wildman–Crippen LogP) is -4.98. The number of fused-ring (bicyclic) bond motifs is 1. The number of nitrogens with one attached hydrogen (secondary N) is 8. The lowest BCUT2D eigenvalue weighted by Gasteiger charge is -2.32. The number of guanidine groups is 2. The summed E-state index contributed by atoms with van der Waals surface area (Å²) in [5, 5.41) is 39.2. The molecule has 2 aromatic carbocycles. The third-order valence-corrected chi connectivity index (χ3v) is 14.1. The summed E-state index contributed by atoms with van der Waals surface area (Å²) < 4.78 is 0. The average Bonchev–Trinajstić information content (AvgIpc) is 2.03. The first-order valence-corrected chi connectivity index (χ1v) is 28.9. The van der Waals surface area contributed by atoms with Gasteiger partial charge in [-0.25, -0.2) is 0 Å². The second kappa shape index (κ2) is 35.9. The Labute approximate surface area is 515 Å². The second-order valence-corrected chi connectivity index (χ2v) is 22.4. The van der Waals surface area contributed by atoms with E-state index in [1.165, 1.54) is 31.3 Å². The number of aromatic nitrogens is 1. The number of aromatic amines is 1. The van der Waals surface area contributed by atoms with Crippen LogP contribution in [-0.2, 0) is 65.6 Å². The van der Waals surface area contributed by atoms with Crippen LogP contribution in [0.15, 0.2) is 64.7 Å². The molecule has 32 nitrogen and oxygen atoms in total. The fraction of sp³-hybridized carbons (Fsp3) is 0.526. The Hall–Kier alpha value is -9.59. The Bertz CT molecular complexity index is 3000. The van der Waals surface area contributed by atoms with Gasteiger partial charge in [0.05, 0.1) is 18.6 Å². The number of rotatable bonds is 38. The van der Waals surface area contributed by atoms with Crippen molar-refractivity contribution in [2.75, 3.05) is 20.1 Å². The smallest absolute Gasteiger partial charge is 0.245 e. The van der Waals surface area contributed by atoms with Crippen molar-refractivity contribution < 1.29 is 63.0 Å². The molecule has 2 unspecified atom stereocenters. The Morgan fingerprint density at radius 1 is 0.573 bits per heavy atom. The zero-order chi connectivity index (χ0) is 66.8. The maximum Gasteiger partial charge on any atom is 0.245 e. The zero-order valence-corrected chi connectivity index (χ0v) is 51.0. The Balaban J connectivity index is 1.99. The summed E-state index contributed by atoms with van der Waals surface area (Å²) in [5.74, 6) is -11.8. The van der Waals surface area contributed by atoms with E-state index in [0.717, 1.165) is 11.8 Å². The van der Waals surface area contributed by atoms with E-state index in [0.29, 0.717) is 22.0 Å². The normalized spacial score (nSPS) is 14.5. The van der Waals surface area contributed by atoms with E-state index in [-0.39, 0.29) is 81.6 Å². The number of phenols is 1. The molecule has 490 valence electrons. The van der Waals surface area contributed by atoms with Gasteiger partial charge in [-0.3, -0.25) is 62.7 Å². The molecule has 1 aromatic heterocycles. The molecule has 32 heteroatoms. The molecule has 11 amide bonds. The van der Waals surface area contributed by atoms with Crippen molar-refractivity contribution in [3.63, 3.8) is 0 Å². The largest absolute Gasteiger partial charge is 0.508 e.